The summed E-state index contributed by atoms with van der Waals surface area (Å²) < 4.78 is 8.73. The summed E-state index contributed by atoms with van der Waals surface area (Å²) in [6, 6.07) is 6.40. The highest BCUT2D eigenvalue weighted by molar-refractivity contribution is 9.10. The molecule has 1 aromatic heterocycles. The molecule has 0 bridgehead atoms. The molecule has 1 aliphatic rings. The molecule has 17 heavy (non-hydrogen) atoms. The molecule has 0 spiro atoms. The number of fused-ring (bicyclic) bond motifs is 1. The smallest absolute Gasteiger partial charge is 0.150 e. The Morgan fingerprint density at radius 2 is 2.29 bits per heavy atom. The summed E-state index contributed by atoms with van der Waals surface area (Å²) in [5.41, 5.74) is 2.41. The molecule has 1 unspecified atom stereocenters. The molecule has 0 amide bonds. The van der Waals surface area contributed by atoms with Crippen molar-refractivity contribution in [1.29, 1.82) is 0 Å². The van der Waals surface area contributed by atoms with Crippen molar-refractivity contribution < 1.29 is 4.74 Å². The number of hydrogen-bond donors (Lipinski definition) is 0. The van der Waals surface area contributed by atoms with E-state index in [1.165, 1.54) is 12.0 Å². The Morgan fingerprint density at radius 1 is 1.41 bits per heavy atom. The minimum atomic E-state index is 0.0966. The van der Waals surface area contributed by atoms with Crippen molar-refractivity contribution in [3.8, 4) is 0 Å². The van der Waals surface area contributed by atoms with Gasteiger partial charge >= 0.3 is 0 Å². The Balaban J connectivity index is 2.11. The highest BCUT2D eigenvalue weighted by Crippen LogP contribution is 2.30. The van der Waals surface area contributed by atoms with E-state index in [0.29, 0.717) is 0 Å². The van der Waals surface area contributed by atoms with Crippen LogP contribution in [0.25, 0.3) is 10.9 Å². The summed E-state index contributed by atoms with van der Waals surface area (Å²) in [4.78, 5) is 0. The lowest BCUT2D eigenvalue weighted by Gasteiger charge is -2.23. The van der Waals surface area contributed by atoms with Crippen LogP contribution in [0.3, 0.4) is 0 Å². The average molecular weight is 295 g/mol. The van der Waals surface area contributed by atoms with Crippen LogP contribution >= 0.6 is 15.9 Å². The molecule has 1 fully saturated rings. The number of ether oxygens (including phenoxy) is 1. The zero-order chi connectivity index (χ0) is 11.8. The zero-order valence-electron chi connectivity index (χ0n) is 9.82. The first-order valence-corrected chi connectivity index (χ1v) is 6.81. The summed E-state index contributed by atoms with van der Waals surface area (Å²) in [5, 5.41) is 5.72. The van der Waals surface area contributed by atoms with Gasteiger partial charge in [-0.05, 0) is 59.8 Å². The van der Waals surface area contributed by atoms with Gasteiger partial charge in [-0.2, -0.15) is 5.10 Å². The van der Waals surface area contributed by atoms with Crippen LogP contribution < -0.4 is 0 Å². The Morgan fingerprint density at radius 3 is 3.06 bits per heavy atom. The number of aromatic nitrogens is 2. The van der Waals surface area contributed by atoms with E-state index in [0.717, 1.165) is 35.0 Å². The monoisotopic (exact) mass is 294 g/mol. The maximum absolute atomic E-state index is 5.80. The molecule has 1 aliphatic heterocycles. The molecule has 2 heterocycles. The Hall–Kier alpha value is -0.870. The first-order valence-electron chi connectivity index (χ1n) is 6.02. The van der Waals surface area contributed by atoms with Crippen LogP contribution in [-0.4, -0.2) is 16.4 Å². The molecule has 0 N–H and O–H groups in total. The summed E-state index contributed by atoms with van der Waals surface area (Å²) in [5.74, 6) is 0. The standard InChI is InChI=1S/C13H15BrN2O/c1-9-5-6-10-11(8-9)16(15-13(10)14)12-4-2-3-7-17-12/h5-6,8,12H,2-4,7H2,1H3. The third-order valence-corrected chi connectivity index (χ3v) is 3.83. The van der Waals surface area contributed by atoms with Gasteiger partial charge in [0.1, 0.15) is 4.60 Å². The molecular formula is C13H15BrN2O. The SMILES string of the molecule is Cc1ccc2c(Br)nn(C3CCCCO3)c2c1. The van der Waals surface area contributed by atoms with E-state index in [4.69, 9.17) is 4.74 Å². The second-order valence-electron chi connectivity index (χ2n) is 4.58. The largest absolute Gasteiger partial charge is 0.356 e. The molecule has 0 saturated carbocycles. The predicted octanol–water partition coefficient (Wildman–Crippen LogP) is 3.81. The van der Waals surface area contributed by atoms with Gasteiger partial charge in [0.05, 0.1) is 5.52 Å². The lowest BCUT2D eigenvalue weighted by molar-refractivity contribution is -0.0368. The van der Waals surface area contributed by atoms with E-state index in [1.807, 2.05) is 4.68 Å². The number of benzene rings is 1. The van der Waals surface area contributed by atoms with Crippen LogP contribution in [0, 0.1) is 6.92 Å². The van der Waals surface area contributed by atoms with Crippen LogP contribution in [-0.2, 0) is 4.74 Å². The number of rotatable bonds is 1. The summed E-state index contributed by atoms with van der Waals surface area (Å²) >= 11 is 3.52. The van der Waals surface area contributed by atoms with Crippen LogP contribution in [0.1, 0.15) is 31.1 Å². The topological polar surface area (TPSA) is 27.1 Å². The Labute approximate surface area is 109 Å². The van der Waals surface area contributed by atoms with Crippen molar-refractivity contribution >= 4 is 26.8 Å². The molecule has 0 aliphatic carbocycles. The van der Waals surface area contributed by atoms with E-state index in [9.17, 15) is 0 Å². The fourth-order valence-electron chi connectivity index (χ4n) is 2.34. The highest BCUT2D eigenvalue weighted by atomic mass is 79.9. The minimum Gasteiger partial charge on any atom is -0.356 e. The van der Waals surface area contributed by atoms with Gasteiger partial charge in [0.2, 0.25) is 0 Å². The van der Waals surface area contributed by atoms with E-state index in [2.05, 4.69) is 46.2 Å². The Bertz CT molecular complexity index is 544. The Kier molecular flexibility index (Phi) is 2.92. The van der Waals surface area contributed by atoms with Crippen molar-refractivity contribution in [2.75, 3.05) is 6.61 Å². The van der Waals surface area contributed by atoms with Gasteiger partial charge < -0.3 is 4.74 Å². The van der Waals surface area contributed by atoms with Gasteiger partial charge in [-0.1, -0.05) is 6.07 Å². The van der Waals surface area contributed by atoms with Gasteiger partial charge in [0.25, 0.3) is 0 Å². The average Bonchev–Trinajstić information content (AvgIpc) is 2.67. The van der Waals surface area contributed by atoms with Crippen LogP contribution in [0.15, 0.2) is 22.8 Å². The van der Waals surface area contributed by atoms with Gasteiger partial charge in [-0.25, -0.2) is 4.68 Å². The van der Waals surface area contributed by atoms with Gasteiger partial charge in [-0.3, -0.25) is 0 Å². The molecule has 1 atom stereocenters. The number of nitrogens with zero attached hydrogens (tertiary/aromatic N) is 2. The molecule has 1 saturated heterocycles. The number of aryl methyl sites for hydroxylation is 1. The van der Waals surface area contributed by atoms with Crippen LogP contribution in [0.4, 0.5) is 0 Å². The van der Waals surface area contributed by atoms with Crippen LogP contribution in [0.5, 0.6) is 0 Å². The van der Waals surface area contributed by atoms with E-state index in [-0.39, 0.29) is 6.23 Å². The first kappa shape index (κ1) is 11.2. The van der Waals surface area contributed by atoms with Crippen molar-refractivity contribution in [2.24, 2.45) is 0 Å². The maximum Gasteiger partial charge on any atom is 0.150 e. The van der Waals surface area contributed by atoms with Crippen molar-refractivity contribution in [3.05, 3.63) is 28.4 Å². The number of hydrogen-bond acceptors (Lipinski definition) is 2. The molecule has 3 nitrogen and oxygen atoms in total. The summed E-state index contributed by atoms with van der Waals surface area (Å²) in [6.45, 7) is 2.95. The summed E-state index contributed by atoms with van der Waals surface area (Å²) in [7, 11) is 0. The van der Waals surface area contributed by atoms with E-state index in [1.54, 1.807) is 0 Å². The molecule has 90 valence electrons. The third kappa shape index (κ3) is 2.00. The lowest BCUT2D eigenvalue weighted by Crippen LogP contribution is -2.19. The quantitative estimate of drug-likeness (QED) is 0.800. The fraction of sp³-hybridized carbons (Fsp3) is 0.462. The third-order valence-electron chi connectivity index (χ3n) is 3.25. The van der Waals surface area contributed by atoms with Gasteiger partial charge in [0.15, 0.2) is 6.23 Å². The maximum atomic E-state index is 5.80. The van der Waals surface area contributed by atoms with Crippen molar-refractivity contribution in [2.45, 2.75) is 32.4 Å². The lowest BCUT2D eigenvalue weighted by atomic mass is 10.1. The molecule has 1 aromatic carbocycles. The summed E-state index contributed by atoms with van der Waals surface area (Å²) in [6.07, 6.45) is 3.53. The highest BCUT2D eigenvalue weighted by Gasteiger charge is 2.20. The molecule has 2 aromatic rings. The van der Waals surface area contributed by atoms with Crippen LogP contribution in [0.2, 0.25) is 0 Å². The predicted molar refractivity (Wildman–Crippen MR) is 71.0 cm³/mol. The van der Waals surface area contributed by atoms with E-state index >= 15 is 0 Å². The van der Waals surface area contributed by atoms with Crippen molar-refractivity contribution in [1.82, 2.24) is 9.78 Å². The minimum absolute atomic E-state index is 0.0966. The van der Waals surface area contributed by atoms with Crippen molar-refractivity contribution in [3.63, 3.8) is 0 Å². The molecular weight excluding hydrogens is 280 g/mol. The van der Waals surface area contributed by atoms with E-state index < -0.39 is 0 Å². The fourth-order valence-corrected chi connectivity index (χ4v) is 2.85. The zero-order valence-corrected chi connectivity index (χ0v) is 11.4. The molecule has 3 rings (SSSR count). The van der Waals surface area contributed by atoms with Gasteiger partial charge in [0, 0.05) is 12.0 Å². The normalized spacial score (nSPS) is 20.9. The second kappa shape index (κ2) is 4.42. The molecule has 4 heteroatoms. The van der Waals surface area contributed by atoms with Gasteiger partial charge in [-0.15, -0.1) is 0 Å². The number of halogens is 1. The molecule has 0 radical (unpaired) electrons. The first-order chi connectivity index (χ1) is 8.25. The second-order valence-corrected chi connectivity index (χ2v) is 5.33.